The summed E-state index contributed by atoms with van der Waals surface area (Å²) in [5.74, 6) is 0.495. The van der Waals surface area contributed by atoms with Crippen molar-refractivity contribution in [2.75, 3.05) is 26.1 Å². The van der Waals surface area contributed by atoms with Crippen molar-refractivity contribution in [1.29, 1.82) is 0 Å². The van der Waals surface area contributed by atoms with Crippen LogP contribution in [0.25, 0.3) is 0 Å². The summed E-state index contributed by atoms with van der Waals surface area (Å²) in [7, 11) is 3.04. The van der Waals surface area contributed by atoms with Gasteiger partial charge in [-0.15, -0.1) is 0 Å². The molecule has 0 atom stereocenters. The van der Waals surface area contributed by atoms with Crippen LogP contribution in [0, 0.1) is 10.1 Å². The SMILES string of the molecule is COC(CNc1ncc([N+](=O)[O-])cc1Br)OC. The van der Waals surface area contributed by atoms with Crippen molar-refractivity contribution in [2.45, 2.75) is 6.29 Å². The van der Waals surface area contributed by atoms with E-state index in [0.29, 0.717) is 16.8 Å². The second-order valence-corrected chi connectivity index (χ2v) is 3.92. The first kappa shape index (κ1) is 13.8. The highest BCUT2D eigenvalue weighted by atomic mass is 79.9. The fourth-order valence-electron chi connectivity index (χ4n) is 1.10. The molecule has 0 saturated carbocycles. The van der Waals surface area contributed by atoms with E-state index in [-0.39, 0.29) is 5.69 Å². The zero-order valence-corrected chi connectivity index (χ0v) is 10.9. The number of hydrogen-bond donors (Lipinski definition) is 1. The fourth-order valence-corrected chi connectivity index (χ4v) is 1.58. The molecular weight excluding hydrogens is 294 g/mol. The van der Waals surface area contributed by atoms with Crippen molar-refractivity contribution in [3.63, 3.8) is 0 Å². The molecule has 0 fully saturated rings. The predicted octanol–water partition coefficient (Wildman–Crippen LogP) is 1.78. The van der Waals surface area contributed by atoms with Gasteiger partial charge >= 0.3 is 0 Å². The number of nitrogens with zero attached hydrogens (tertiary/aromatic N) is 2. The van der Waals surface area contributed by atoms with Crippen LogP contribution >= 0.6 is 15.9 Å². The van der Waals surface area contributed by atoms with Gasteiger partial charge in [0.15, 0.2) is 6.29 Å². The lowest BCUT2D eigenvalue weighted by Gasteiger charge is -2.14. The molecule has 0 radical (unpaired) electrons. The lowest BCUT2D eigenvalue weighted by molar-refractivity contribution is -0.385. The van der Waals surface area contributed by atoms with Gasteiger partial charge in [-0.2, -0.15) is 0 Å². The average Bonchev–Trinajstić information content (AvgIpc) is 2.31. The molecule has 1 aromatic heterocycles. The van der Waals surface area contributed by atoms with Gasteiger partial charge in [-0.05, 0) is 15.9 Å². The van der Waals surface area contributed by atoms with E-state index < -0.39 is 11.2 Å². The largest absolute Gasteiger partial charge is 0.364 e. The van der Waals surface area contributed by atoms with Gasteiger partial charge in [-0.1, -0.05) is 0 Å². The molecule has 0 aliphatic heterocycles. The lowest BCUT2D eigenvalue weighted by atomic mass is 10.4. The van der Waals surface area contributed by atoms with Crippen LogP contribution in [0.5, 0.6) is 0 Å². The number of nitrogens with one attached hydrogen (secondary N) is 1. The summed E-state index contributed by atoms with van der Waals surface area (Å²) in [6, 6.07) is 1.38. The number of halogens is 1. The Labute approximate surface area is 106 Å². The number of anilines is 1. The highest BCUT2D eigenvalue weighted by Gasteiger charge is 2.11. The van der Waals surface area contributed by atoms with Gasteiger partial charge in [-0.25, -0.2) is 4.98 Å². The maximum atomic E-state index is 10.5. The number of pyridine rings is 1. The van der Waals surface area contributed by atoms with Gasteiger partial charge in [0.25, 0.3) is 5.69 Å². The van der Waals surface area contributed by atoms with Crippen LogP contribution in [0.3, 0.4) is 0 Å². The Balaban J connectivity index is 2.69. The van der Waals surface area contributed by atoms with E-state index in [0.717, 1.165) is 0 Å². The van der Waals surface area contributed by atoms with Crippen molar-refractivity contribution < 1.29 is 14.4 Å². The highest BCUT2D eigenvalue weighted by Crippen LogP contribution is 2.24. The third-order valence-corrected chi connectivity index (χ3v) is 2.60. The molecule has 94 valence electrons. The van der Waals surface area contributed by atoms with Gasteiger partial charge < -0.3 is 14.8 Å². The molecule has 0 saturated heterocycles. The summed E-state index contributed by atoms with van der Waals surface area (Å²) in [6.45, 7) is 0.385. The average molecular weight is 306 g/mol. The van der Waals surface area contributed by atoms with Crippen LogP contribution in [-0.4, -0.2) is 37.0 Å². The molecule has 1 heterocycles. The molecule has 0 amide bonds. The Morgan fingerprint density at radius 2 is 2.24 bits per heavy atom. The van der Waals surface area contributed by atoms with Gasteiger partial charge in [0.05, 0.1) is 15.9 Å². The first-order valence-electron chi connectivity index (χ1n) is 4.68. The van der Waals surface area contributed by atoms with E-state index in [2.05, 4.69) is 26.2 Å². The standard InChI is InChI=1S/C9H12BrN3O4/c1-16-8(17-2)5-12-9-7(10)3-6(4-11-9)13(14)15/h3-4,8H,5H2,1-2H3,(H,11,12). The molecule has 1 N–H and O–H groups in total. The minimum atomic E-state index is -0.505. The van der Waals surface area contributed by atoms with Crippen LogP contribution in [0.4, 0.5) is 11.5 Å². The minimum Gasteiger partial charge on any atom is -0.364 e. The summed E-state index contributed by atoms with van der Waals surface area (Å²) in [5, 5.41) is 13.5. The Kier molecular flexibility index (Phi) is 5.26. The van der Waals surface area contributed by atoms with E-state index in [4.69, 9.17) is 9.47 Å². The second kappa shape index (κ2) is 6.48. The third kappa shape index (κ3) is 3.91. The lowest BCUT2D eigenvalue weighted by Crippen LogP contribution is -2.24. The van der Waals surface area contributed by atoms with Crippen LogP contribution in [0.2, 0.25) is 0 Å². The maximum absolute atomic E-state index is 10.5. The minimum absolute atomic E-state index is 0.0718. The molecule has 0 bridgehead atoms. The molecule has 0 unspecified atom stereocenters. The van der Waals surface area contributed by atoms with Gasteiger partial charge in [0.1, 0.15) is 12.0 Å². The number of rotatable bonds is 6. The Morgan fingerprint density at radius 1 is 1.59 bits per heavy atom. The maximum Gasteiger partial charge on any atom is 0.288 e. The molecule has 0 spiro atoms. The summed E-state index contributed by atoms with van der Waals surface area (Å²) in [5.41, 5.74) is -0.0718. The van der Waals surface area contributed by atoms with Crippen molar-refractivity contribution in [3.8, 4) is 0 Å². The molecule has 0 aliphatic rings. The van der Waals surface area contributed by atoms with Crippen LogP contribution in [0.1, 0.15) is 0 Å². The smallest absolute Gasteiger partial charge is 0.288 e. The monoisotopic (exact) mass is 305 g/mol. The summed E-state index contributed by atoms with van der Waals surface area (Å²) in [6.07, 6.45) is 0.778. The Hall–Kier alpha value is -1.25. The van der Waals surface area contributed by atoms with E-state index >= 15 is 0 Å². The molecule has 1 rings (SSSR count). The zero-order chi connectivity index (χ0) is 12.8. The van der Waals surface area contributed by atoms with E-state index in [1.807, 2.05) is 0 Å². The van der Waals surface area contributed by atoms with Crippen LogP contribution in [-0.2, 0) is 9.47 Å². The Bertz CT molecular complexity index is 398. The van der Waals surface area contributed by atoms with Crippen molar-refractivity contribution in [3.05, 3.63) is 26.9 Å². The number of aromatic nitrogens is 1. The topological polar surface area (TPSA) is 86.5 Å². The molecular formula is C9H12BrN3O4. The quantitative estimate of drug-likeness (QED) is 0.490. The van der Waals surface area contributed by atoms with Gasteiger partial charge in [0, 0.05) is 20.3 Å². The first-order valence-corrected chi connectivity index (χ1v) is 5.47. The number of hydrogen-bond acceptors (Lipinski definition) is 6. The van der Waals surface area contributed by atoms with Crippen LogP contribution < -0.4 is 5.32 Å². The number of nitro groups is 1. The fraction of sp³-hybridized carbons (Fsp3) is 0.444. The van der Waals surface area contributed by atoms with Crippen molar-refractivity contribution in [2.24, 2.45) is 0 Å². The summed E-state index contributed by atoms with van der Waals surface area (Å²) in [4.78, 5) is 13.9. The molecule has 8 heteroatoms. The summed E-state index contributed by atoms with van der Waals surface area (Å²) < 4.78 is 10.5. The molecule has 7 nitrogen and oxygen atoms in total. The molecule has 17 heavy (non-hydrogen) atoms. The van der Waals surface area contributed by atoms with Crippen LogP contribution in [0.15, 0.2) is 16.7 Å². The van der Waals surface area contributed by atoms with Crippen molar-refractivity contribution >= 4 is 27.4 Å². The second-order valence-electron chi connectivity index (χ2n) is 3.06. The van der Waals surface area contributed by atoms with Gasteiger partial charge in [-0.3, -0.25) is 10.1 Å². The molecule has 0 aromatic carbocycles. The van der Waals surface area contributed by atoms with E-state index in [1.165, 1.54) is 26.5 Å². The van der Waals surface area contributed by atoms with E-state index in [9.17, 15) is 10.1 Å². The molecule has 0 aliphatic carbocycles. The third-order valence-electron chi connectivity index (χ3n) is 2.00. The van der Waals surface area contributed by atoms with E-state index in [1.54, 1.807) is 0 Å². The normalized spacial score (nSPS) is 10.6. The number of methoxy groups -OCH3 is 2. The predicted molar refractivity (Wildman–Crippen MR) is 64.9 cm³/mol. The summed E-state index contributed by atoms with van der Waals surface area (Å²) >= 11 is 3.20. The molecule has 1 aromatic rings. The first-order chi connectivity index (χ1) is 8.08. The number of ether oxygens (including phenoxy) is 2. The zero-order valence-electron chi connectivity index (χ0n) is 9.34. The van der Waals surface area contributed by atoms with Crippen molar-refractivity contribution in [1.82, 2.24) is 4.98 Å². The highest BCUT2D eigenvalue weighted by molar-refractivity contribution is 9.10. The Morgan fingerprint density at radius 3 is 2.71 bits per heavy atom. The van der Waals surface area contributed by atoms with Gasteiger partial charge in [0.2, 0.25) is 0 Å².